The molecule has 17 atom stereocenters. The van der Waals surface area contributed by atoms with E-state index in [-0.39, 0.29) is 37.1 Å². The summed E-state index contributed by atoms with van der Waals surface area (Å²) in [6, 6.07) is -0.742. The molecule has 396 valence electrons. The Balaban J connectivity index is 2.16. The first-order chi connectivity index (χ1) is 32.6. The second kappa shape index (κ2) is 29.5. The maximum absolute atomic E-state index is 13.6. The molecule has 0 N–H and O–H groups in total. The molecule has 3 heterocycles. The number of carbonyl (C=O) groups excluding carboxylic acids is 5. The molecule has 3 rings (SSSR count). The number of allylic oxidation sites excluding steroid dienone is 2. The van der Waals surface area contributed by atoms with Crippen molar-refractivity contribution in [2.24, 2.45) is 17.8 Å². The predicted molar refractivity (Wildman–Crippen MR) is 257 cm³/mol. The normalized spacial score (nSPS) is 36.5. The van der Waals surface area contributed by atoms with Gasteiger partial charge in [-0.25, -0.2) is 0 Å². The lowest BCUT2D eigenvalue weighted by Gasteiger charge is -2.51. The molecule has 0 spiro atoms. The van der Waals surface area contributed by atoms with Crippen LogP contribution in [0, 0.1) is 17.8 Å². The van der Waals surface area contributed by atoms with Crippen molar-refractivity contribution in [3.05, 3.63) is 24.3 Å². The SMILES string of the molecule is CCOC(C)O[C@H]1/C=C/C=C/C[C@@H](C)OC(=O)C[C@@H](OC(C)=O)[C@H](OC)[C@@H](O[C@@H]2O[C@H](C)[C@@H](O[C@H]3C[C@@](C)(OCSC)[C@@H](OC(=O)CC(C)C)[C@H](C)O3)[C@H](N(C)C)[C@H]2OC(C)=O)[C@@H](CC=O)C[C@H]1C. The van der Waals surface area contributed by atoms with Gasteiger partial charge in [-0.05, 0) is 86.1 Å². The molecule has 0 aromatic rings. The van der Waals surface area contributed by atoms with Crippen molar-refractivity contribution < 1.29 is 80.8 Å². The van der Waals surface area contributed by atoms with E-state index in [0.29, 0.717) is 25.4 Å². The molecular formula is C50H83NO17S. The summed E-state index contributed by atoms with van der Waals surface area (Å²) in [5.74, 6) is -2.88. The molecule has 1 unspecified atom stereocenters. The van der Waals surface area contributed by atoms with Crippen molar-refractivity contribution in [1.29, 1.82) is 0 Å². The molecule has 0 aromatic carbocycles. The van der Waals surface area contributed by atoms with Crippen LogP contribution < -0.4 is 0 Å². The van der Waals surface area contributed by atoms with Crippen molar-refractivity contribution >= 4 is 41.9 Å². The van der Waals surface area contributed by atoms with Gasteiger partial charge in [-0.2, -0.15) is 0 Å². The van der Waals surface area contributed by atoms with Crippen molar-refractivity contribution in [2.75, 3.05) is 40.0 Å². The molecule has 0 bridgehead atoms. The van der Waals surface area contributed by atoms with Gasteiger partial charge in [-0.1, -0.05) is 45.1 Å². The standard InChI is InChI=1S/C50H83NO17S/c1-16-58-36(10)65-38-21-19-17-18-20-31(5)60-41(56)26-39(63-34(8)53)46(57-14)45(37(22-23-52)25-30(38)4)68-49-47(64-35(9)54)43(51(12)13)44(32(6)62-49)67-42-27-50(11,59-28-69-15)48(33(7)61-42)66-40(55)24-29(2)3/h17-19,21,23,29-33,36-39,42-49H,16,20,22,24-28H2,1-15H3/b18-17+,21-19+/t30-,31-,32-,33+,36?,37+,38+,39-,42+,43+,44-,45+,46+,47-,48+,49+,50-/m1/s1. The van der Waals surface area contributed by atoms with Crippen LogP contribution in [0.15, 0.2) is 24.3 Å². The Morgan fingerprint density at radius 3 is 2.23 bits per heavy atom. The highest BCUT2D eigenvalue weighted by molar-refractivity contribution is 7.98. The first kappa shape index (κ1) is 60.3. The largest absolute Gasteiger partial charge is 0.462 e. The monoisotopic (exact) mass is 1000 g/mol. The number of thioether (sulfide) groups is 1. The Morgan fingerprint density at radius 1 is 0.942 bits per heavy atom. The average molecular weight is 1000 g/mol. The molecule has 0 amide bonds. The van der Waals surface area contributed by atoms with Crippen LogP contribution in [0.4, 0.5) is 0 Å². The molecule has 18 nitrogen and oxygen atoms in total. The minimum Gasteiger partial charge on any atom is -0.462 e. The molecule has 0 saturated carbocycles. The summed E-state index contributed by atoms with van der Waals surface area (Å²) < 4.78 is 75.5. The molecule has 0 aromatic heterocycles. The number of aldehydes is 1. The summed E-state index contributed by atoms with van der Waals surface area (Å²) in [6.07, 6.45) is -0.741. The summed E-state index contributed by atoms with van der Waals surface area (Å²) in [4.78, 5) is 67.1. The van der Waals surface area contributed by atoms with E-state index in [1.165, 1.54) is 32.7 Å². The second-order valence-electron chi connectivity index (χ2n) is 19.2. The third-order valence-electron chi connectivity index (χ3n) is 12.4. The van der Waals surface area contributed by atoms with Crippen LogP contribution in [0.1, 0.15) is 115 Å². The number of nitrogens with zero attached hydrogens (tertiary/aromatic N) is 1. The van der Waals surface area contributed by atoms with Gasteiger partial charge in [-0.3, -0.25) is 19.2 Å². The molecule has 2 fully saturated rings. The van der Waals surface area contributed by atoms with Crippen LogP contribution in [-0.2, 0) is 80.8 Å². The number of ether oxygens (including phenoxy) is 12. The number of likely N-dealkylation sites (N-methyl/N-ethyl adjacent to an activating group) is 1. The molecule has 3 aliphatic rings. The van der Waals surface area contributed by atoms with Gasteiger partial charge in [0.05, 0.1) is 42.8 Å². The zero-order chi connectivity index (χ0) is 51.6. The summed E-state index contributed by atoms with van der Waals surface area (Å²) >= 11 is 1.48. The second-order valence-corrected chi connectivity index (χ2v) is 20.0. The zero-order valence-corrected chi connectivity index (χ0v) is 44.5. The van der Waals surface area contributed by atoms with Gasteiger partial charge < -0.3 is 66.5 Å². The smallest absolute Gasteiger partial charge is 0.309 e. The quantitative estimate of drug-likeness (QED) is 0.0566. The Labute approximate surface area is 414 Å². The van der Waals surface area contributed by atoms with E-state index in [0.717, 1.165) is 6.29 Å². The maximum Gasteiger partial charge on any atom is 0.309 e. The zero-order valence-electron chi connectivity index (χ0n) is 43.7. The summed E-state index contributed by atoms with van der Waals surface area (Å²) in [6.45, 7) is 19.7. The molecule has 3 aliphatic heterocycles. The van der Waals surface area contributed by atoms with Gasteiger partial charge in [0.2, 0.25) is 0 Å². The van der Waals surface area contributed by atoms with Crippen molar-refractivity contribution in [3.8, 4) is 0 Å². The Morgan fingerprint density at radius 2 is 1.64 bits per heavy atom. The number of hydrogen-bond acceptors (Lipinski definition) is 19. The van der Waals surface area contributed by atoms with Crippen molar-refractivity contribution in [3.63, 3.8) is 0 Å². The third kappa shape index (κ3) is 18.9. The fourth-order valence-electron chi connectivity index (χ4n) is 9.35. The number of esters is 4. The number of carbonyl (C=O) groups is 5. The molecule has 0 aliphatic carbocycles. The highest BCUT2D eigenvalue weighted by Crippen LogP contribution is 2.40. The van der Waals surface area contributed by atoms with Crippen molar-refractivity contribution in [1.82, 2.24) is 4.90 Å². The Hall–Kier alpha value is -2.98. The van der Waals surface area contributed by atoms with Gasteiger partial charge in [0.15, 0.2) is 31.1 Å². The van der Waals surface area contributed by atoms with Crippen LogP contribution in [0.2, 0.25) is 0 Å². The van der Waals surface area contributed by atoms with Gasteiger partial charge in [0.25, 0.3) is 0 Å². The van der Waals surface area contributed by atoms with E-state index < -0.39 is 122 Å². The molecular weight excluding hydrogens is 919 g/mol. The summed E-state index contributed by atoms with van der Waals surface area (Å²) in [7, 11) is 5.01. The van der Waals surface area contributed by atoms with E-state index in [9.17, 15) is 24.0 Å². The van der Waals surface area contributed by atoms with Gasteiger partial charge in [0, 0.05) is 53.2 Å². The predicted octanol–water partition coefficient (Wildman–Crippen LogP) is 6.34. The molecule has 2 saturated heterocycles. The van der Waals surface area contributed by atoms with E-state index in [4.69, 9.17) is 56.8 Å². The van der Waals surface area contributed by atoms with Gasteiger partial charge >= 0.3 is 23.9 Å². The lowest BCUT2D eigenvalue weighted by molar-refractivity contribution is -0.346. The third-order valence-corrected chi connectivity index (χ3v) is 12.8. The number of rotatable bonds is 20. The minimum atomic E-state index is -1.33. The highest BCUT2D eigenvalue weighted by atomic mass is 32.2. The van der Waals surface area contributed by atoms with E-state index >= 15 is 0 Å². The number of cyclic esters (lactones) is 1. The van der Waals surface area contributed by atoms with Crippen molar-refractivity contribution in [2.45, 2.75) is 206 Å². The van der Waals surface area contributed by atoms with E-state index in [1.54, 1.807) is 13.8 Å². The Kier molecular flexibility index (Phi) is 25.8. The highest BCUT2D eigenvalue weighted by Gasteiger charge is 2.55. The first-order valence-electron chi connectivity index (χ1n) is 24.3. The minimum absolute atomic E-state index is 0.0633. The molecule has 19 heteroatoms. The van der Waals surface area contributed by atoms with Crippen LogP contribution in [0.3, 0.4) is 0 Å². The lowest BCUT2D eigenvalue weighted by Crippen LogP contribution is -2.66. The summed E-state index contributed by atoms with van der Waals surface area (Å²) in [5.41, 5.74) is -1.00. The molecule has 0 radical (unpaired) electrons. The number of hydrogen-bond donors (Lipinski definition) is 0. The average Bonchev–Trinajstić information content (AvgIpc) is 3.23. The van der Waals surface area contributed by atoms with Crippen LogP contribution in [0.25, 0.3) is 0 Å². The first-order valence-corrected chi connectivity index (χ1v) is 25.7. The van der Waals surface area contributed by atoms with Crippen LogP contribution in [-0.4, -0.2) is 167 Å². The molecule has 69 heavy (non-hydrogen) atoms. The van der Waals surface area contributed by atoms with Crippen LogP contribution in [0.5, 0.6) is 0 Å². The fourth-order valence-corrected chi connectivity index (χ4v) is 9.74. The number of methoxy groups -OCH3 is 1. The fraction of sp³-hybridized carbons (Fsp3) is 0.820. The van der Waals surface area contributed by atoms with E-state index in [2.05, 4.69) is 0 Å². The van der Waals surface area contributed by atoms with Crippen LogP contribution >= 0.6 is 11.8 Å². The Bertz CT molecular complexity index is 1660. The van der Waals surface area contributed by atoms with Gasteiger partial charge in [0.1, 0.15) is 36.3 Å². The van der Waals surface area contributed by atoms with E-state index in [1.807, 2.05) is 98.0 Å². The topological polar surface area (TPSA) is 199 Å². The van der Waals surface area contributed by atoms with Gasteiger partial charge in [-0.15, -0.1) is 11.8 Å². The maximum atomic E-state index is 13.6. The lowest BCUT2D eigenvalue weighted by atomic mass is 9.82. The summed E-state index contributed by atoms with van der Waals surface area (Å²) in [5, 5.41) is 0.